The summed E-state index contributed by atoms with van der Waals surface area (Å²) in [5, 5.41) is 2.96. The van der Waals surface area contributed by atoms with Gasteiger partial charge in [0.05, 0.1) is 12.8 Å². The molecule has 0 radical (unpaired) electrons. The number of nitrogens with zero attached hydrogens (tertiary/aromatic N) is 2. The largest absolute Gasteiger partial charge is 0.465 e. The molecule has 2 rings (SSSR count). The molecule has 98 valence electrons. The summed E-state index contributed by atoms with van der Waals surface area (Å²) in [6, 6.07) is 4.27. The summed E-state index contributed by atoms with van der Waals surface area (Å²) in [6.07, 6.45) is 2.67. The Morgan fingerprint density at radius 2 is 2.26 bits per heavy atom. The third kappa shape index (κ3) is 3.16. The van der Waals surface area contributed by atoms with Gasteiger partial charge in [-0.05, 0) is 40.8 Å². The number of hydrogen-bond donors (Lipinski definition) is 1. The van der Waals surface area contributed by atoms with Crippen LogP contribution in [0.1, 0.15) is 10.4 Å². The number of benzene rings is 1. The van der Waals surface area contributed by atoms with E-state index in [1.165, 1.54) is 31.8 Å². The van der Waals surface area contributed by atoms with Gasteiger partial charge in [-0.3, -0.25) is 0 Å². The Morgan fingerprint density at radius 3 is 2.95 bits per heavy atom. The monoisotopic (exact) mass is 373 g/mol. The van der Waals surface area contributed by atoms with Crippen molar-refractivity contribution in [2.24, 2.45) is 0 Å². The number of carbonyl (C=O) groups is 1. The van der Waals surface area contributed by atoms with E-state index in [0.29, 0.717) is 15.1 Å². The van der Waals surface area contributed by atoms with Crippen LogP contribution in [0.25, 0.3) is 0 Å². The molecule has 0 amide bonds. The van der Waals surface area contributed by atoms with Crippen molar-refractivity contribution >= 4 is 40.1 Å². The quantitative estimate of drug-likeness (QED) is 0.662. The van der Waals surface area contributed by atoms with E-state index in [2.05, 4.69) is 20.0 Å². The first-order chi connectivity index (χ1) is 9.11. The summed E-state index contributed by atoms with van der Waals surface area (Å²) in [7, 11) is 1.28. The van der Waals surface area contributed by atoms with Gasteiger partial charge >= 0.3 is 5.97 Å². The molecule has 7 heteroatoms. The molecule has 0 saturated heterocycles. The molecule has 5 nitrogen and oxygen atoms in total. The van der Waals surface area contributed by atoms with Gasteiger partial charge in [-0.15, -0.1) is 0 Å². The molecule has 0 fully saturated rings. The fourth-order valence-electron chi connectivity index (χ4n) is 1.41. The highest BCUT2D eigenvalue weighted by atomic mass is 127. The lowest BCUT2D eigenvalue weighted by Gasteiger charge is -2.10. The van der Waals surface area contributed by atoms with Crippen molar-refractivity contribution in [3.05, 3.63) is 45.7 Å². The Hall–Kier alpha value is -1.77. The summed E-state index contributed by atoms with van der Waals surface area (Å²) in [5.41, 5.74) is 0.857. The second-order valence-corrected chi connectivity index (χ2v) is 4.69. The lowest BCUT2D eigenvalue weighted by atomic mass is 10.2. The molecular weight excluding hydrogens is 364 g/mol. The van der Waals surface area contributed by atoms with E-state index >= 15 is 0 Å². The number of rotatable bonds is 3. The normalized spacial score (nSPS) is 10.1. The third-order valence-electron chi connectivity index (χ3n) is 2.30. The summed E-state index contributed by atoms with van der Waals surface area (Å²) in [5.74, 6) is -0.558. The number of nitrogens with one attached hydrogen (secondary N) is 1. The topological polar surface area (TPSA) is 64.1 Å². The van der Waals surface area contributed by atoms with E-state index in [1.807, 2.05) is 22.6 Å². The number of ether oxygens (including phenoxy) is 1. The van der Waals surface area contributed by atoms with Crippen LogP contribution in [0.4, 0.5) is 15.9 Å². The molecule has 1 heterocycles. The highest BCUT2D eigenvalue weighted by molar-refractivity contribution is 14.1. The maximum atomic E-state index is 13.0. The van der Waals surface area contributed by atoms with Gasteiger partial charge < -0.3 is 10.1 Å². The van der Waals surface area contributed by atoms with Crippen molar-refractivity contribution in [1.29, 1.82) is 0 Å². The van der Waals surface area contributed by atoms with Crippen LogP contribution in [0.5, 0.6) is 0 Å². The molecule has 1 N–H and O–H groups in total. The molecule has 0 spiro atoms. The lowest BCUT2D eigenvalue weighted by Crippen LogP contribution is -2.08. The van der Waals surface area contributed by atoms with Crippen molar-refractivity contribution in [3.8, 4) is 0 Å². The zero-order valence-electron chi connectivity index (χ0n) is 9.85. The SMILES string of the molecule is COC(=O)c1cncnc1Nc1ccc(F)cc1I. The Kier molecular flexibility index (Phi) is 4.25. The van der Waals surface area contributed by atoms with Crippen molar-refractivity contribution in [1.82, 2.24) is 9.97 Å². The molecule has 0 atom stereocenters. The molecular formula is C12H9FIN3O2. The van der Waals surface area contributed by atoms with Crippen LogP contribution >= 0.6 is 22.6 Å². The fraction of sp³-hybridized carbons (Fsp3) is 0.0833. The molecule has 1 aromatic heterocycles. The van der Waals surface area contributed by atoms with Gasteiger partial charge in [-0.25, -0.2) is 19.2 Å². The molecule has 2 aromatic rings. The van der Waals surface area contributed by atoms with Crippen LogP contribution < -0.4 is 5.32 Å². The smallest absolute Gasteiger partial charge is 0.343 e. The fourth-order valence-corrected chi connectivity index (χ4v) is 2.02. The lowest BCUT2D eigenvalue weighted by molar-refractivity contribution is 0.0601. The van der Waals surface area contributed by atoms with Crippen LogP contribution in [0.2, 0.25) is 0 Å². The van der Waals surface area contributed by atoms with Crippen LogP contribution in [0.15, 0.2) is 30.7 Å². The maximum Gasteiger partial charge on any atom is 0.343 e. The zero-order valence-corrected chi connectivity index (χ0v) is 12.0. The number of methoxy groups -OCH3 is 1. The Morgan fingerprint density at radius 1 is 1.47 bits per heavy atom. The van der Waals surface area contributed by atoms with E-state index in [4.69, 9.17) is 0 Å². The van der Waals surface area contributed by atoms with Gasteiger partial charge in [0.15, 0.2) is 0 Å². The summed E-state index contributed by atoms with van der Waals surface area (Å²) in [6.45, 7) is 0. The van der Waals surface area contributed by atoms with Gasteiger partial charge in [-0.2, -0.15) is 0 Å². The number of hydrogen-bond acceptors (Lipinski definition) is 5. The predicted octanol–water partition coefficient (Wildman–Crippen LogP) is 2.75. The Bertz CT molecular complexity index is 622. The minimum Gasteiger partial charge on any atom is -0.465 e. The molecule has 0 aliphatic carbocycles. The van der Waals surface area contributed by atoms with E-state index in [0.717, 1.165) is 0 Å². The summed E-state index contributed by atoms with van der Waals surface area (Å²) in [4.78, 5) is 19.3. The highest BCUT2D eigenvalue weighted by Crippen LogP contribution is 2.24. The summed E-state index contributed by atoms with van der Waals surface area (Å²) < 4.78 is 18.3. The summed E-state index contributed by atoms with van der Waals surface area (Å²) >= 11 is 1.99. The average Bonchev–Trinajstić information content (AvgIpc) is 2.41. The first kappa shape index (κ1) is 13.7. The van der Waals surface area contributed by atoms with E-state index in [-0.39, 0.29) is 11.4 Å². The highest BCUT2D eigenvalue weighted by Gasteiger charge is 2.14. The minimum atomic E-state index is -0.541. The van der Waals surface area contributed by atoms with Crippen molar-refractivity contribution < 1.29 is 13.9 Å². The van der Waals surface area contributed by atoms with Gasteiger partial charge in [0.1, 0.15) is 23.5 Å². The molecule has 19 heavy (non-hydrogen) atoms. The Balaban J connectivity index is 2.35. The second kappa shape index (κ2) is 5.91. The molecule has 0 saturated carbocycles. The number of carbonyl (C=O) groups excluding carboxylic acids is 1. The molecule has 0 bridgehead atoms. The van der Waals surface area contributed by atoms with Gasteiger partial charge in [-0.1, -0.05) is 0 Å². The van der Waals surface area contributed by atoms with E-state index < -0.39 is 5.97 Å². The number of halogens is 2. The van der Waals surface area contributed by atoms with Gasteiger partial charge in [0.25, 0.3) is 0 Å². The third-order valence-corrected chi connectivity index (χ3v) is 3.19. The second-order valence-electron chi connectivity index (χ2n) is 3.53. The van der Waals surface area contributed by atoms with Gasteiger partial charge in [0, 0.05) is 9.77 Å². The van der Waals surface area contributed by atoms with Crippen molar-refractivity contribution in [2.75, 3.05) is 12.4 Å². The first-order valence-corrected chi connectivity index (χ1v) is 6.30. The molecule has 0 unspecified atom stereocenters. The van der Waals surface area contributed by atoms with Crippen LogP contribution in [-0.2, 0) is 4.74 Å². The first-order valence-electron chi connectivity index (χ1n) is 5.22. The zero-order chi connectivity index (χ0) is 13.8. The van der Waals surface area contributed by atoms with Crippen molar-refractivity contribution in [3.63, 3.8) is 0 Å². The minimum absolute atomic E-state index is 0.213. The number of aromatic nitrogens is 2. The number of anilines is 2. The molecule has 0 aliphatic heterocycles. The predicted molar refractivity (Wildman–Crippen MR) is 75.8 cm³/mol. The molecule has 1 aromatic carbocycles. The van der Waals surface area contributed by atoms with Gasteiger partial charge in [0.2, 0.25) is 0 Å². The maximum absolute atomic E-state index is 13.0. The Labute approximate surface area is 122 Å². The van der Waals surface area contributed by atoms with Crippen LogP contribution in [0.3, 0.4) is 0 Å². The van der Waals surface area contributed by atoms with E-state index in [9.17, 15) is 9.18 Å². The average molecular weight is 373 g/mol. The number of esters is 1. The standard InChI is InChI=1S/C12H9FIN3O2/c1-19-12(18)8-5-15-6-16-11(8)17-10-3-2-7(13)4-9(10)14/h2-6H,1H3,(H,15,16,17). The van der Waals surface area contributed by atoms with Crippen LogP contribution in [-0.4, -0.2) is 23.0 Å². The molecule has 0 aliphatic rings. The van der Waals surface area contributed by atoms with Crippen LogP contribution in [0, 0.1) is 9.39 Å². The van der Waals surface area contributed by atoms with Crippen molar-refractivity contribution in [2.45, 2.75) is 0 Å². The van der Waals surface area contributed by atoms with E-state index in [1.54, 1.807) is 6.07 Å².